The molecule has 0 spiro atoms. The number of hydrogen-bond donors (Lipinski definition) is 0. The fourth-order valence-electron chi connectivity index (χ4n) is 2.28. The van der Waals surface area contributed by atoms with E-state index in [1.807, 2.05) is 6.07 Å². The molecule has 0 aromatic carbocycles. The first kappa shape index (κ1) is 14.1. The van der Waals surface area contributed by atoms with Gasteiger partial charge < -0.3 is 9.64 Å². The highest BCUT2D eigenvalue weighted by atomic mass is 35.5. The first-order valence-electron chi connectivity index (χ1n) is 6.22. The molecule has 3 nitrogen and oxygen atoms in total. The van der Waals surface area contributed by atoms with Gasteiger partial charge in [-0.15, -0.1) is 0 Å². The molecule has 1 saturated heterocycles. The Labute approximate surface area is 118 Å². The van der Waals surface area contributed by atoms with Gasteiger partial charge in [0.2, 0.25) is 0 Å². The van der Waals surface area contributed by atoms with Crippen LogP contribution in [0, 0.1) is 5.92 Å². The topological polar surface area (TPSA) is 25.4 Å². The molecule has 0 unspecified atom stereocenters. The molecule has 1 aliphatic heterocycles. The second-order valence-corrected chi connectivity index (χ2v) is 5.58. The lowest BCUT2D eigenvalue weighted by atomic mass is 10.00. The summed E-state index contributed by atoms with van der Waals surface area (Å²) < 4.78 is 5.37. The van der Waals surface area contributed by atoms with Gasteiger partial charge in [-0.05, 0) is 31.9 Å². The number of nitrogens with zero attached hydrogens (tertiary/aromatic N) is 2. The molecule has 0 aliphatic carbocycles. The lowest BCUT2D eigenvalue weighted by Crippen LogP contribution is -2.29. The average molecular weight is 289 g/mol. The lowest BCUT2D eigenvalue weighted by Gasteiger charge is -2.27. The zero-order chi connectivity index (χ0) is 13.0. The van der Waals surface area contributed by atoms with E-state index in [1.165, 1.54) is 0 Å². The summed E-state index contributed by atoms with van der Waals surface area (Å²) in [6.45, 7) is 3.66. The van der Waals surface area contributed by atoms with E-state index in [1.54, 1.807) is 6.07 Å². The molecule has 100 valence electrons. The Hall–Kier alpha value is -0.350. The van der Waals surface area contributed by atoms with Crippen LogP contribution in [0.3, 0.4) is 0 Å². The molecule has 0 saturated carbocycles. The second kappa shape index (κ2) is 6.71. The van der Waals surface area contributed by atoms with E-state index in [0.717, 1.165) is 50.6 Å². The van der Waals surface area contributed by atoms with Crippen LogP contribution >= 0.6 is 23.2 Å². The first-order chi connectivity index (χ1) is 8.65. The molecular weight excluding hydrogens is 271 g/mol. The van der Waals surface area contributed by atoms with Gasteiger partial charge in [-0.3, -0.25) is 0 Å². The third kappa shape index (κ3) is 4.09. The normalized spacial score (nSPS) is 17.3. The van der Waals surface area contributed by atoms with E-state index >= 15 is 0 Å². The maximum Gasteiger partial charge on any atom is 0.135 e. The van der Waals surface area contributed by atoms with Crippen molar-refractivity contribution in [2.24, 2.45) is 5.92 Å². The van der Waals surface area contributed by atoms with E-state index in [-0.39, 0.29) is 0 Å². The van der Waals surface area contributed by atoms with Gasteiger partial charge in [0.25, 0.3) is 0 Å². The van der Waals surface area contributed by atoms with Gasteiger partial charge in [0.1, 0.15) is 10.3 Å². The summed E-state index contributed by atoms with van der Waals surface area (Å²) >= 11 is 11.9. The molecule has 0 bridgehead atoms. The van der Waals surface area contributed by atoms with Gasteiger partial charge in [-0.25, -0.2) is 4.98 Å². The third-order valence-corrected chi connectivity index (χ3v) is 3.78. The summed E-state index contributed by atoms with van der Waals surface area (Å²) in [7, 11) is 2.11. The van der Waals surface area contributed by atoms with Crippen molar-refractivity contribution in [2.75, 3.05) is 26.8 Å². The predicted octanol–water partition coefficient (Wildman–Crippen LogP) is 3.25. The van der Waals surface area contributed by atoms with Crippen LogP contribution in [-0.4, -0.2) is 36.7 Å². The number of halogens is 2. The molecule has 0 N–H and O–H groups in total. The highest BCUT2D eigenvalue weighted by Gasteiger charge is 2.16. The van der Waals surface area contributed by atoms with Gasteiger partial charge >= 0.3 is 0 Å². The maximum absolute atomic E-state index is 6.07. The number of hydrogen-bond acceptors (Lipinski definition) is 3. The fourth-order valence-corrected chi connectivity index (χ4v) is 2.69. The Bertz CT molecular complexity index is 395. The molecular formula is C13H18Cl2N2O. The molecule has 0 radical (unpaired) electrons. The van der Waals surface area contributed by atoms with Gasteiger partial charge in [0.15, 0.2) is 0 Å². The largest absolute Gasteiger partial charge is 0.381 e. The van der Waals surface area contributed by atoms with Crippen molar-refractivity contribution in [2.45, 2.75) is 19.4 Å². The predicted molar refractivity (Wildman–Crippen MR) is 74.1 cm³/mol. The van der Waals surface area contributed by atoms with Crippen molar-refractivity contribution in [1.82, 2.24) is 9.88 Å². The first-order valence-corrected chi connectivity index (χ1v) is 6.98. The summed E-state index contributed by atoms with van der Waals surface area (Å²) in [5.74, 6) is 0.725. The molecule has 2 heterocycles. The Balaban J connectivity index is 1.87. The van der Waals surface area contributed by atoms with Crippen molar-refractivity contribution < 1.29 is 4.74 Å². The molecule has 5 heteroatoms. The summed E-state index contributed by atoms with van der Waals surface area (Å²) in [6.07, 6.45) is 2.30. The van der Waals surface area contributed by atoms with Crippen LogP contribution in [-0.2, 0) is 11.3 Å². The highest BCUT2D eigenvalue weighted by molar-refractivity contribution is 6.32. The van der Waals surface area contributed by atoms with Gasteiger partial charge in [-0.2, -0.15) is 0 Å². The molecule has 1 aromatic rings. The summed E-state index contributed by atoms with van der Waals surface area (Å²) in [5.41, 5.74) is 1.02. The Morgan fingerprint density at radius 1 is 1.33 bits per heavy atom. The van der Waals surface area contributed by atoms with Crippen LogP contribution < -0.4 is 0 Å². The standard InChI is InChI=1S/C13H18Cl2N2O/c1-17(8-10-4-6-18-7-5-10)9-11-2-3-12(14)16-13(11)15/h2-3,10H,4-9H2,1H3. The minimum Gasteiger partial charge on any atom is -0.381 e. The molecule has 18 heavy (non-hydrogen) atoms. The lowest BCUT2D eigenvalue weighted by molar-refractivity contribution is 0.0549. The summed E-state index contributed by atoms with van der Waals surface area (Å²) in [5, 5.41) is 0.942. The number of ether oxygens (including phenoxy) is 1. The van der Waals surface area contributed by atoms with E-state index < -0.39 is 0 Å². The SMILES string of the molecule is CN(Cc1ccc(Cl)nc1Cl)CC1CCOCC1. The van der Waals surface area contributed by atoms with E-state index in [9.17, 15) is 0 Å². The second-order valence-electron chi connectivity index (χ2n) is 4.84. The molecule has 1 aliphatic rings. The summed E-state index contributed by atoms with van der Waals surface area (Å²) in [4.78, 5) is 6.34. The van der Waals surface area contributed by atoms with Crippen molar-refractivity contribution in [3.63, 3.8) is 0 Å². The summed E-state index contributed by atoms with van der Waals surface area (Å²) in [6, 6.07) is 3.73. The molecule has 1 fully saturated rings. The van der Waals surface area contributed by atoms with Gasteiger partial charge in [0.05, 0.1) is 0 Å². The molecule has 0 atom stereocenters. The minimum atomic E-state index is 0.441. The number of pyridine rings is 1. The Morgan fingerprint density at radius 3 is 2.72 bits per heavy atom. The maximum atomic E-state index is 6.07. The van der Waals surface area contributed by atoms with E-state index in [4.69, 9.17) is 27.9 Å². The van der Waals surface area contributed by atoms with Gasteiger partial charge in [0, 0.05) is 31.9 Å². The Kier molecular flexibility index (Phi) is 5.25. The smallest absolute Gasteiger partial charge is 0.135 e. The van der Waals surface area contributed by atoms with Crippen molar-refractivity contribution >= 4 is 23.2 Å². The van der Waals surface area contributed by atoms with Crippen LogP contribution in [0.5, 0.6) is 0 Å². The zero-order valence-corrected chi connectivity index (χ0v) is 12.0. The average Bonchev–Trinajstić information content (AvgIpc) is 2.34. The monoisotopic (exact) mass is 288 g/mol. The quantitative estimate of drug-likeness (QED) is 0.796. The number of rotatable bonds is 4. The minimum absolute atomic E-state index is 0.441. The molecule has 0 amide bonds. The Morgan fingerprint density at radius 2 is 2.06 bits per heavy atom. The van der Waals surface area contributed by atoms with E-state index in [2.05, 4.69) is 16.9 Å². The number of aromatic nitrogens is 1. The van der Waals surface area contributed by atoms with Crippen LogP contribution in [0.2, 0.25) is 10.3 Å². The van der Waals surface area contributed by atoms with Crippen LogP contribution in [0.25, 0.3) is 0 Å². The van der Waals surface area contributed by atoms with Crippen molar-refractivity contribution in [3.8, 4) is 0 Å². The van der Waals surface area contributed by atoms with Crippen molar-refractivity contribution in [3.05, 3.63) is 28.0 Å². The zero-order valence-electron chi connectivity index (χ0n) is 10.5. The van der Waals surface area contributed by atoms with Crippen LogP contribution in [0.15, 0.2) is 12.1 Å². The van der Waals surface area contributed by atoms with Crippen LogP contribution in [0.4, 0.5) is 0 Å². The van der Waals surface area contributed by atoms with Gasteiger partial charge in [-0.1, -0.05) is 29.3 Å². The highest BCUT2D eigenvalue weighted by Crippen LogP contribution is 2.20. The fraction of sp³-hybridized carbons (Fsp3) is 0.615. The van der Waals surface area contributed by atoms with Crippen molar-refractivity contribution in [1.29, 1.82) is 0 Å². The third-order valence-electron chi connectivity index (χ3n) is 3.24. The van der Waals surface area contributed by atoms with E-state index in [0.29, 0.717) is 10.3 Å². The van der Waals surface area contributed by atoms with Crippen LogP contribution in [0.1, 0.15) is 18.4 Å². The molecule has 1 aromatic heterocycles. The molecule has 2 rings (SSSR count).